The number of H-pyrrole nitrogens is 1. The summed E-state index contributed by atoms with van der Waals surface area (Å²) in [5.41, 5.74) is 1.60. The summed E-state index contributed by atoms with van der Waals surface area (Å²) in [7, 11) is 1.37. The Morgan fingerprint density at radius 1 is 1.29 bits per heavy atom. The van der Waals surface area contributed by atoms with Crippen LogP contribution in [0.5, 0.6) is 0 Å². The zero-order valence-electron chi connectivity index (χ0n) is 12.0. The maximum absolute atomic E-state index is 12.7. The standard InChI is InChI=1S/C16H18N2O3/c1-21-16(20)14-4-2-3-9-18(14)15(19)12-5-6-13-11(10-12)7-8-17-13/h5-8,10,14,17H,2-4,9H2,1H3/t14-/m1/s1. The largest absolute Gasteiger partial charge is 0.467 e. The van der Waals surface area contributed by atoms with Crippen LogP contribution in [0, 0.1) is 0 Å². The molecule has 1 saturated heterocycles. The molecule has 2 heterocycles. The number of rotatable bonds is 2. The molecule has 110 valence electrons. The molecule has 1 aromatic carbocycles. The molecule has 5 nitrogen and oxygen atoms in total. The number of amides is 1. The van der Waals surface area contributed by atoms with Gasteiger partial charge in [-0.2, -0.15) is 0 Å². The van der Waals surface area contributed by atoms with Crippen LogP contribution in [0.2, 0.25) is 0 Å². The van der Waals surface area contributed by atoms with Gasteiger partial charge >= 0.3 is 5.97 Å². The molecular weight excluding hydrogens is 268 g/mol. The first-order valence-electron chi connectivity index (χ1n) is 7.16. The maximum atomic E-state index is 12.7. The van der Waals surface area contributed by atoms with Crippen molar-refractivity contribution < 1.29 is 14.3 Å². The molecule has 1 aliphatic rings. The molecule has 2 aromatic rings. The lowest BCUT2D eigenvalue weighted by Crippen LogP contribution is -2.48. The molecule has 0 radical (unpaired) electrons. The monoisotopic (exact) mass is 286 g/mol. The fraction of sp³-hybridized carbons (Fsp3) is 0.375. The minimum absolute atomic E-state index is 0.104. The topological polar surface area (TPSA) is 62.4 Å². The predicted octanol–water partition coefficient (Wildman–Crippen LogP) is 2.34. The van der Waals surface area contributed by atoms with E-state index in [0.717, 1.165) is 23.7 Å². The third-order valence-electron chi connectivity index (χ3n) is 4.04. The van der Waals surface area contributed by atoms with Crippen LogP contribution in [0.15, 0.2) is 30.5 Å². The number of hydrogen-bond acceptors (Lipinski definition) is 3. The molecule has 1 atom stereocenters. The number of ether oxygens (including phenoxy) is 1. The molecular formula is C16H18N2O3. The molecule has 1 amide bonds. The van der Waals surface area contributed by atoms with Crippen LogP contribution in [-0.2, 0) is 9.53 Å². The highest BCUT2D eigenvalue weighted by Crippen LogP contribution is 2.22. The van der Waals surface area contributed by atoms with Gasteiger partial charge in [0.1, 0.15) is 6.04 Å². The van der Waals surface area contributed by atoms with Gasteiger partial charge in [0.15, 0.2) is 0 Å². The Bertz CT molecular complexity index is 677. The summed E-state index contributed by atoms with van der Waals surface area (Å²) in [4.78, 5) is 29.3. The van der Waals surface area contributed by atoms with Gasteiger partial charge < -0.3 is 14.6 Å². The Morgan fingerprint density at radius 2 is 2.14 bits per heavy atom. The number of fused-ring (bicyclic) bond motifs is 1. The van der Waals surface area contributed by atoms with Crippen LogP contribution in [-0.4, -0.2) is 41.5 Å². The van der Waals surface area contributed by atoms with Gasteiger partial charge in [0.05, 0.1) is 7.11 Å². The van der Waals surface area contributed by atoms with E-state index in [9.17, 15) is 9.59 Å². The SMILES string of the molecule is COC(=O)[C@H]1CCCCN1C(=O)c1ccc2[nH]ccc2c1. The summed E-state index contributed by atoms with van der Waals surface area (Å²) < 4.78 is 4.83. The Labute approximate surface area is 122 Å². The number of nitrogens with one attached hydrogen (secondary N) is 1. The molecule has 21 heavy (non-hydrogen) atoms. The van der Waals surface area contributed by atoms with Gasteiger partial charge in [0.25, 0.3) is 5.91 Å². The Morgan fingerprint density at radius 3 is 2.95 bits per heavy atom. The first kappa shape index (κ1) is 13.7. The highest BCUT2D eigenvalue weighted by atomic mass is 16.5. The Balaban J connectivity index is 1.89. The third-order valence-corrected chi connectivity index (χ3v) is 4.04. The zero-order valence-corrected chi connectivity index (χ0v) is 12.0. The summed E-state index contributed by atoms with van der Waals surface area (Å²) in [5.74, 6) is -0.432. The maximum Gasteiger partial charge on any atom is 0.328 e. The number of carbonyl (C=O) groups is 2. The van der Waals surface area contributed by atoms with Gasteiger partial charge in [-0.05, 0) is 43.5 Å². The van der Waals surface area contributed by atoms with Crippen LogP contribution in [0.4, 0.5) is 0 Å². The number of esters is 1. The van der Waals surface area contributed by atoms with Crippen molar-refractivity contribution in [1.82, 2.24) is 9.88 Å². The fourth-order valence-corrected chi connectivity index (χ4v) is 2.91. The van der Waals surface area contributed by atoms with Crippen molar-refractivity contribution in [3.63, 3.8) is 0 Å². The van der Waals surface area contributed by atoms with Crippen LogP contribution >= 0.6 is 0 Å². The highest BCUT2D eigenvalue weighted by Gasteiger charge is 2.33. The van der Waals surface area contributed by atoms with E-state index in [1.54, 1.807) is 11.0 Å². The fourth-order valence-electron chi connectivity index (χ4n) is 2.91. The predicted molar refractivity (Wildman–Crippen MR) is 79.0 cm³/mol. The lowest BCUT2D eigenvalue weighted by molar-refractivity contribution is -0.147. The summed E-state index contributed by atoms with van der Waals surface area (Å²) >= 11 is 0. The summed E-state index contributed by atoms with van der Waals surface area (Å²) in [6.07, 6.45) is 4.38. The summed E-state index contributed by atoms with van der Waals surface area (Å²) in [5, 5.41) is 0.993. The molecule has 0 unspecified atom stereocenters. The molecule has 3 rings (SSSR count). The molecule has 1 fully saturated rings. The number of hydrogen-bond donors (Lipinski definition) is 1. The van der Waals surface area contributed by atoms with Crippen LogP contribution in [0.1, 0.15) is 29.6 Å². The number of aromatic amines is 1. The molecule has 0 aliphatic carbocycles. The van der Waals surface area contributed by atoms with E-state index in [2.05, 4.69) is 4.98 Å². The Hall–Kier alpha value is -2.30. The van der Waals surface area contributed by atoms with E-state index >= 15 is 0 Å². The van der Waals surface area contributed by atoms with Crippen molar-refractivity contribution in [3.8, 4) is 0 Å². The lowest BCUT2D eigenvalue weighted by Gasteiger charge is -2.33. The first-order valence-corrected chi connectivity index (χ1v) is 7.16. The second-order valence-corrected chi connectivity index (χ2v) is 5.31. The summed E-state index contributed by atoms with van der Waals surface area (Å²) in [6.45, 7) is 0.601. The van der Waals surface area contributed by atoms with Crippen molar-refractivity contribution in [2.75, 3.05) is 13.7 Å². The normalized spacial score (nSPS) is 18.7. The number of benzene rings is 1. The van der Waals surface area contributed by atoms with E-state index in [4.69, 9.17) is 4.74 Å². The molecule has 0 saturated carbocycles. The smallest absolute Gasteiger partial charge is 0.328 e. The van der Waals surface area contributed by atoms with Crippen molar-refractivity contribution >= 4 is 22.8 Å². The minimum atomic E-state index is -0.460. The molecule has 1 aromatic heterocycles. The lowest BCUT2D eigenvalue weighted by atomic mass is 10.0. The van der Waals surface area contributed by atoms with Crippen molar-refractivity contribution in [2.45, 2.75) is 25.3 Å². The average Bonchev–Trinajstić information content (AvgIpc) is 3.01. The number of methoxy groups -OCH3 is 1. The van der Waals surface area contributed by atoms with E-state index in [-0.39, 0.29) is 11.9 Å². The van der Waals surface area contributed by atoms with Gasteiger partial charge in [-0.3, -0.25) is 4.79 Å². The van der Waals surface area contributed by atoms with Crippen molar-refractivity contribution in [3.05, 3.63) is 36.0 Å². The van der Waals surface area contributed by atoms with Crippen LogP contribution in [0.25, 0.3) is 10.9 Å². The van der Waals surface area contributed by atoms with Gasteiger partial charge in [-0.15, -0.1) is 0 Å². The van der Waals surface area contributed by atoms with E-state index in [1.165, 1.54) is 7.11 Å². The Kier molecular flexibility index (Phi) is 3.64. The van der Waals surface area contributed by atoms with E-state index in [1.807, 2.05) is 24.4 Å². The third kappa shape index (κ3) is 2.51. The second kappa shape index (κ2) is 5.60. The van der Waals surface area contributed by atoms with E-state index in [0.29, 0.717) is 18.5 Å². The molecule has 1 N–H and O–H groups in total. The van der Waals surface area contributed by atoms with Crippen molar-refractivity contribution in [2.24, 2.45) is 0 Å². The van der Waals surface area contributed by atoms with Gasteiger partial charge in [-0.1, -0.05) is 0 Å². The van der Waals surface area contributed by atoms with Crippen molar-refractivity contribution in [1.29, 1.82) is 0 Å². The quantitative estimate of drug-likeness (QED) is 0.862. The number of piperidine rings is 1. The summed E-state index contributed by atoms with van der Waals surface area (Å²) in [6, 6.07) is 7.01. The van der Waals surface area contributed by atoms with Gasteiger partial charge in [0, 0.05) is 29.2 Å². The van der Waals surface area contributed by atoms with Crippen LogP contribution < -0.4 is 0 Å². The second-order valence-electron chi connectivity index (χ2n) is 5.31. The highest BCUT2D eigenvalue weighted by molar-refractivity contribution is 6.00. The van der Waals surface area contributed by atoms with Gasteiger partial charge in [0.2, 0.25) is 0 Å². The van der Waals surface area contributed by atoms with Crippen LogP contribution in [0.3, 0.4) is 0 Å². The molecule has 0 spiro atoms. The molecule has 0 bridgehead atoms. The number of nitrogens with zero attached hydrogens (tertiary/aromatic N) is 1. The number of aromatic nitrogens is 1. The number of likely N-dealkylation sites (tertiary alicyclic amines) is 1. The molecule has 1 aliphatic heterocycles. The minimum Gasteiger partial charge on any atom is -0.467 e. The molecule has 5 heteroatoms. The first-order chi connectivity index (χ1) is 10.2. The number of carbonyl (C=O) groups excluding carboxylic acids is 2. The average molecular weight is 286 g/mol. The van der Waals surface area contributed by atoms with Gasteiger partial charge in [-0.25, -0.2) is 4.79 Å². The zero-order chi connectivity index (χ0) is 14.8. The van der Waals surface area contributed by atoms with E-state index < -0.39 is 6.04 Å².